The molecule has 16 heteroatoms. The zero-order valence-electron chi connectivity index (χ0n) is 20.8. The molecule has 0 saturated heterocycles. The van der Waals surface area contributed by atoms with Gasteiger partial charge < -0.3 is 14.2 Å². The molecule has 0 aliphatic heterocycles. The van der Waals surface area contributed by atoms with Crippen LogP contribution in [-0.4, -0.2) is 88.9 Å². The Morgan fingerprint density at radius 3 is 1.16 bits per heavy atom. The van der Waals surface area contributed by atoms with Crippen molar-refractivity contribution >= 4 is 17.9 Å². The van der Waals surface area contributed by atoms with Gasteiger partial charge in [-0.05, 0) is 20.8 Å². The number of carbonyl (C=O) groups is 3. The molecule has 3 aromatic rings. The summed E-state index contributed by atoms with van der Waals surface area (Å²) >= 11 is 0. The van der Waals surface area contributed by atoms with Crippen LogP contribution in [-0.2, 0) is 28.6 Å². The lowest BCUT2D eigenvalue weighted by Gasteiger charge is -2.40. The van der Waals surface area contributed by atoms with Crippen molar-refractivity contribution in [2.24, 2.45) is 0 Å². The molecule has 200 valence electrons. The van der Waals surface area contributed by atoms with E-state index in [1.54, 1.807) is 25.7 Å². The minimum absolute atomic E-state index is 0.162. The van der Waals surface area contributed by atoms with Gasteiger partial charge in [0.05, 0.1) is 57.2 Å². The Morgan fingerprint density at radius 2 is 0.946 bits per heavy atom. The van der Waals surface area contributed by atoms with Crippen molar-refractivity contribution in [3.05, 3.63) is 35.7 Å². The van der Waals surface area contributed by atoms with E-state index in [0.717, 1.165) is 0 Å². The molecule has 0 spiro atoms. The number of aromatic nitrogens is 9. The van der Waals surface area contributed by atoms with E-state index in [1.165, 1.54) is 18.6 Å². The van der Waals surface area contributed by atoms with Gasteiger partial charge in [0, 0.05) is 18.6 Å². The van der Waals surface area contributed by atoms with Crippen LogP contribution in [0.3, 0.4) is 0 Å². The maximum atomic E-state index is 12.8. The standard InChI is InChI=1S/C21H30N10O6/c1-4-35-19(32)7-16(13-10-22-28-25-13)31(17(8-20(33)36-5-2)14-11-23-29-26-14)18(9-21(34)37-6-3)15-12-24-30-27-15/h10-12,16-18H,4-9H2,1-3H3,(H,22,25,28)(H,23,26,29)(H,24,27,30). The van der Waals surface area contributed by atoms with Gasteiger partial charge in [-0.2, -0.15) is 0 Å². The molecule has 16 nitrogen and oxygen atoms in total. The molecule has 3 aromatic heterocycles. The number of aromatic amines is 3. The van der Waals surface area contributed by atoms with Gasteiger partial charge in [0.2, 0.25) is 0 Å². The number of nitrogens with zero attached hydrogens (tertiary/aromatic N) is 7. The molecule has 0 aliphatic carbocycles. The zero-order chi connectivity index (χ0) is 26.6. The molecule has 3 N–H and O–H groups in total. The number of ether oxygens (including phenoxy) is 3. The van der Waals surface area contributed by atoms with Crippen molar-refractivity contribution in [1.29, 1.82) is 0 Å². The fraction of sp³-hybridized carbons (Fsp3) is 0.571. The Morgan fingerprint density at radius 1 is 0.649 bits per heavy atom. The quantitative estimate of drug-likeness (QED) is 0.187. The molecule has 0 saturated carbocycles. The highest BCUT2D eigenvalue weighted by Gasteiger charge is 2.42. The van der Waals surface area contributed by atoms with Crippen molar-refractivity contribution in [2.75, 3.05) is 19.8 Å². The van der Waals surface area contributed by atoms with Crippen LogP contribution >= 0.6 is 0 Å². The third kappa shape index (κ3) is 7.39. The Bertz CT molecular complexity index is 951. The molecule has 0 aliphatic rings. The predicted octanol–water partition coefficient (Wildman–Crippen LogP) is 0.726. The highest BCUT2D eigenvalue weighted by molar-refractivity contribution is 5.72. The van der Waals surface area contributed by atoms with E-state index < -0.39 is 36.0 Å². The van der Waals surface area contributed by atoms with Crippen LogP contribution in [0.5, 0.6) is 0 Å². The van der Waals surface area contributed by atoms with Crippen molar-refractivity contribution in [2.45, 2.75) is 58.2 Å². The molecule has 3 unspecified atom stereocenters. The number of carbonyl (C=O) groups excluding carboxylic acids is 3. The molecule has 0 amide bonds. The van der Waals surface area contributed by atoms with Gasteiger partial charge in [-0.15, -0.1) is 15.3 Å². The lowest BCUT2D eigenvalue weighted by Crippen LogP contribution is -2.40. The Balaban J connectivity index is 2.19. The first-order valence-electron chi connectivity index (χ1n) is 11.8. The number of hydrogen-bond acceptors (Lipinski definition) is 13. The third-order valence-electron chi connectivity index (χ3n) is 5.41. The molecule has 0 fully saturated rings. The number of hydrogen-bond donors (Lipinski definition) is 3. The zero-order valence-corrected chi connectivity index (χ0v) is 20.8. The maximum absolute atomic E-state index is 12.8. The van der Waals surface area contributed by atoms with E-state index in [-0.39, 0.29) is 39.1 Å². The monoisotopic (exact) mass is 518 g/mol. The number of rotatable bonds is 15. The fourth-order valence-corrected chi connectivity index (χ4v) is 3.99. The van der Waals surface area contributed by atoms with Crippen molar-refractivity contribution in [1.82, 2.24) is 51.1 Å². The van der Waals surface area contributed by atoms with Gasteiger partial charge in [0.15, 0.2) is 0 Å². The van der Waals surface area contributed by atoms with Crippen LogP contribution in [0.4, 0.5) is 0 Å². The van der Waals surface area contributed by atoms with Crippen molar-refractivity contribution in [3.63, 3.8) is 0 Å². The summed E-state index contributed by atoms with van der Waals surface area (Å²) in [4.78, 5) is 40.0. The largest absolute Gasteiger partial charge is 0.466 e. The van der Waals surface area contributed by atoms with Crippen molar-refractivity contribution in [3.8, 4) is 0 Å². The topological polar surface area (TPSA) is 207 Å². The first-order chi connectivity index (χ1) is 18.0. The van der Waals surface area contributed by atoms with E-state index >= 15 is 0 Å². The van der Waals surface area contributed by atoms with Crippen LogP contribution in [0.25, 0.3) is 0 Å². The van der Waals surface area contributed by atoms with Crippen LogP contribution < -0.4 is 0 Å². The summed E-state index contributed by atoms with van der Waals surface area (Å²) in [6.07, 6.45) is 4.00. The summed E-state index contributed by atoms with van der Waals surface area (Å²) in [7, 11) is 0. The molecule has 0 radical (unpaired) electrons. The highest BCUT2D eigenvalue weighted by atomic mass is 16.5. The second-order valence-electron chi connectivity index (χ2n) is 7.72. The van der Waals surface area contributed by atoms with E-state index in [2.05, 4.69) is 46.2 Å². The Labute approximate surface area is 211 Å². The average Bonchev–Trinajstić information content (AvgIpc) is 3.66. The molecule has 3 rings (SSSR count). The van der Waals surface area contributed by atoms with Crippen molar-refractivity contribution < 1.29 is 28.6 Å². The first kappa shape index (κ1) is 27.4. The first-order valence-corrected chi connectivity index (χ1v) is 11.8. The molecule has 37 heavy (non-hydrogen) atoms. The van der Waals surface area contributed by atoms with E-state index in [0.29, 0.717) is 17.1 Å². The minimum Gasteiger partial charge on any atom is -0.466 e. The summed E-state index contributed by atoms with van der Waals surface area (Å²) < 4.78 is 15.7. The number of nitrogens with one attached hydrogen (secondary N) is 3. The molecule has 3 heterocycles. The minimum atomic E-state index is -0.843. The summed E-state index contributed by atoms with van der Waals surface area (Å²) in [6.45, 7) is 5.57. The Kier molecular flexibility index (Phi) is 10.2. The van der Waals surface area contributed by atoms with Crippen LogP contribution in [0.15, 0.2) is 18.6 Å². The second kappa shape index (κ2) is 13.8. The lowest BCUT2D eigenvalue weighted by molar-refractivity contribution is -0.148. The maximum Gasteiger partial charge on any atom is 0.307 e. The van der Waals surface area contributed by atoms with E-state index in [4.69, 9.17) is 14.2 Å². The summed E-state index contributed by atoms with van der Waals surface area (Å²) in [5, 5.41) is 31.7. The number of esters is 3. The normalized spacial score (nSPS) is 13.6. The van der Waals surface area contributed by atoms with Gasteiger partial charge in [0.25, 0.3) is 0 Å². The van der Waals surface area contributed by atoms with Crippen LogP contribution in [0.1, 0.15) is 75.2 Å². The molecule has 3 atom stereocenters. The molecule has 0 aromatic carbocycles. The van der Waals surface area contributed by atoms with Gasteiger partial charge >= 0.3 is 17.9 Å². The molecular weight excluding hydrogens is 488 g/mol. The van der Waals surface area contributed by atoms with E-state index in [1.807, 2.05) is 0 Å². The van der Waals surface area contributed by atoms with Gasteiger partial charge in [0.1, 0.15) is 17.1 Å². The predicted molar refractivity (Wildman–Crippen MR) is 123 cm³/mol. The molecular formula is C21H30N10O6. The molecule has 0 bridgehead atoms. The second-order valence-corrected chi connectivity index (χ2v) is 7.72. The SMILES string of the molecule is CCOC(=O)CC(c1c[nH]nn1)N(C(CC(=O)OCC)c1c[nH]nn1)C(CC(=O)OCC)c1c[nH]nn1. The Hall–Kier alpha value is -4.21. The van der Waals surface area contributed by atoms with Gasteiger partial charge in [-0.3, -0.25) is 34.6 Å². The highest BCUT2D eigenvalue weighted by Crippen LogP contribution is 2.42. The number of H-pyrrole nitrogens is 3. The fourth-order valence-electron chi connectivity index (χ4n) is 3.99. The van der Waals surface area contributed by atoms with Crippen LogP contribution in [0, 0.1) is 0 Å². The lowest BCUT2D eigenvalue weighted by atomic mass is 9.95. The third-order valence-corrected chi connectivity index (χ3v) is 5.41. The summed E-state index contributed by atoms with van der Waals surface area (Å²) in [5.74, 6) is -1.57. The average molecular weight is 519 g/mol. The van der Waals surface area contributed by atoms with E-state index in [9.17, 15) is 14.4 Å². The summed E-state index contributed by atoms with van der Waals surface area (Å²) in [5.41, 5.74) is 1.09. The van der Waals surface area contributed by atoms with Gasteiger partial charge in [-0.1, -0.05) is 15.6 Å². The smallest absolute Gasteiger partial charge is 0.307 e. The van der Waals surface area contributed by atoms with Gasteiger partial charge in [-0.25, -0.2) is 0 Å². The van der Waals surface area contributed by atoms with Crippen LogP contribution in [0.2, 0.25) is 0 Å². The summed E-state index contributed by atoms with van der Waals surface area (Å²) in [6, 6.07) is -2.53.